The van der Waals surface area contributed by atoms with Crippen molar-refractivity contribution in [1.82, 2.24) is 14.6 Å². The Hall–Kier alpha value is -0.660. The van der Waals surface area contributed by atoms with Crippen LogP contribution in [0.5, 0.6) is 0 Å². The molecule has 5 nitrogen and oxygen atoms in total. The molecule has 0 atom stereocenters. The molecule has 20 heavy (non-hydrogen) atoms. The summed E-state index contributed by atoms with van der Waals surface area (Å²) in [6.45, 7) is 11.0. The predicted molar refractivity (Wildman–Crippen MR) is 80.7 cm³/mol. The molecule has 0 amide bonds. The van der Waals surface area contributed by atoms with E-state index in [1.807, 2.05) is 4.52 Å². The van der Waals surface area contributed by atoms with E-state index in [0.29, 0.717) is 5.82 Å². The number of nitrogens with two attached hydrogens (primary N) is 1. The van der Waals surface area contributed by atoms with Gasteiger partial charge in [0.15, 0.2) is 5.82 Å². The summed E-state index contributed by atoms with van der Waals surface area (Å²) in [7, 11) is 0. The Morgan fingerprint density at radius 2 is 1.85 bits per heavy atom. The number of nitrogens with zero attached hydrogens (tertiary/aromatic N) is 4. The molecule has 2 N–H and O–H groups in total. The Morgan fingerprint density at radius 3 is 2.40 bits per heavy atom. The van der Waals surface area contributed by atoms with E-state index in [4.69, 9.17) is 5.73 Å². The molecule has 0 aromatic carbocycles. The molecule has 2 heterocycles. The quantitative estimate of drug-likeness (QED) is 0.678. The van der Waals surface area contributed by atoms with E-state index in [2.05, 4.69) is 52.9 Å². The molecule has 0 spiro atoms. The SMILES string of the molecule is CC[N+](CC)(CC)Cc1cc(Br)n2ncnc(N)c12.[Br-]. The lowest BCUT2D eigenvalue weighted by Crippen LogP contribution is -3.00. The van der Waals surface area contributed by atoms with E-state index in [1.165, 1.54) is 11.9 Å². The first-order valence-corrected chi connectivity index (χ1v) is 7.48. The highest BCUT2D eigenvalue weighted by Crippen LogP contribution is 2.27. The van der Waals surface area contributed by atoms with Crippen LogP contribution in [0.3, 0.4) is 0 Å². The Balaban J connectivity index is 0.00000200. The zero-order chi connectivity index (χ0) is 14.0. The van der Waals surface area contributed by atoms with Crippen LogP contribution in [0.25, 0.3) is 5.52 Å². The third-order valence-electron chi connectivity index (χ3n) is 4.14. The van der Waals surface area contributed by atoms with Crippen molar-refractivity contribution >= 4 is 27.3 Å². The third kappa shape index (κ3) is 2.99. The van der Waals surface area contributed by atoms with E-state index in [9.17, 15) is 0 Å². The first-order chi connectivity index (χ1) is 9.06. The molecule has 0 aliphatic heterocycles. The molecule has 0 aliphatic rings. The van der Waals surface area contributed by atoms with Crippen molar-refractivity contribution in [1.29, 1.82) is 0 Å². The van der Waals surface area contributed by atoms with Crippen molar-refractivity contribution in [2.45, 2.75) is 27.3 Å². The molecule has 2 aromatic rings. The summed E-state index contributed by atoms with van der Waals surface area (Å²) in [5, 5.41) is 4.24. The molecule has 0 aliphatic carbocycles. The van der Waals surface area contributed by atoms with Gasteiger partial charge in [-0.1, -0.05) is 0 Å². The van der Waals surface area contributed by atoms with Gasteiger partial charge in [0.2, 0.25) is 0 Å². The highest BCUT2D eigenvalue weighted by atomic mass is 79.9. The summed E-state index contributed by atoms with van der Waals surface area (Å²) in [4.78, 5) is 4.11. The number of fused-ring (bicyclic) bond motifs is 1. The average Bonchev–Trinajstić information content (AvgIpc) is 2.74. The van der Waals surface area contributed by atoms with Gasteiger partial charge in [0, 0.05) is 5.56 Å². The van der Waals surface area contributed by atoms with E-state index in [0.717, 1.165) is 40.8 Å². The Bertz CT molecular complexity index is 569. The molecule has 0 saturated carbocycles. The monoisotopic (exact) mass is 405 g/mol. The van der Waals surface area contributed by atoms with Crippen LogP contribution in [-0.2, 0) is 6.54 Å². The largest absolute Gasteiger partial charge is 1.00 e. The van der Waals surface area contributed by atoms with Crippen LogP contribution in [0.4, 0.5) is 5.82 Å². The van der Waals surface area contributed by atoms with E-state index in [1.54, 1.807) is 0 Å². The smallest absolute Gasteiger partial charge is 0.151 e. The van der Waals surface area contributed by atoms with Crippen LogP contribution in [0.2, 0.25) is 0 Å². The molecule has 0 fully saturated rings. The van der Waals surface area contributed by atoms with Gasteiger partial charge in [-0.3, -0.25) is 0 Å². The van der Waals surface area contributed by atoms with Gasteiger partial charge in [-0.05, 0) is 42.8 Å². The number of halogens is 2. The lowest BCUT2D eigenvalue weighted by molar-refractivity contribution is -0.936. The first kappa shape index (κ1) is 17.4. The minimum atomic E-state index is 0. The third-order valence-corrected chi connectivity index (χ3v) is 4.70. The summed E-state index contributed by atoms with van der Waals surface area (Å²) in [5.41, 5.74) is 8.14. The van der Waals surface area contributed by atoms with Gasteiger partial charge in [-0.15, -0.1) is 0 Å². The molecule has 2 aromatic heterocycles. The summed E-state index contributed by atoms with van der Waals surface area (Å²) in [5.74, 6) is 0.539. The van der Waals surface area contributed by atoms with E-state index >= 15 is 0 Å². The second-order valence-electron chi connectivity index (χ2n) is 4.85. The number of hydrogen-bond acceptors (Lipinski definition) is 3. The fourth-order valence-corrected chi connectivity index (χ4v) is 3.14. The van der Waals surface area contributed by atoms with Gasteiger partial charge in [0.1, 0.15) is 23.0 Å². The maximum absolute atomic E-state index is 6.01. The van der Waals surface area contributed by atoms with Crippen molar-refractivity contribution in [3.05, 3.63) is 22.6 Å². The zero-order valence-corrected chi connectivity index (χ0v) is 15.3. The van der Waals surface area contributed by atoms with Gasteiger partial charge in [-0.2, -0.15) is 5.10 Å². The van der Waals surface area contributed by atoms with Crippen LogP contribution in [0, 0.1) is 0 Å². The van der Waals surface area contributed by atoms with Crippen molar-refractivity contribution in [2.75, 3.05) is 25.4 Å². The molecule has 0 bridgehead atoms. The van der Waals surface area contributed by atoms with Crippen LogP contribution >= 0.6 is 15.9 Å². The fourth-order valence-electron chi connectivity index (χ4n) is 2.59. The topological polar surface area (TPSA) is 56.2 Å². The summed E-state index contributed by atoms with van der Waals surface area (Å²) >= 11 is 3.54. The molecular weight excluding hydrogens is 386 g/mol. The Morgan fingerprint density at radius 1 is 1.25 bits per heavy atom. The molecule has 0 saturated heterocycles. The standard InChI is InChI=1S/C13H21BrN5.BrH/c1-4-19(5-2,6-3)8-10-7-11(14)18-12(10)13(15)16-9-17-18;/h7,9H,4-6,8H2,1-3H3,(H2,15,16,17);1H/q+1;/p-1. The highest BCUT2D eigenvalue weighted by molar-refractivity contribution is 9.10. The van der Waals surface area contributed by atoms with Crippen molar-refractivity contribution < 1.29 is 21.5 Å². The van der Waals surface area contributed by atoms with Crippen LogP contribution in [0.15, 0.2) is 17.0 Å². The first-order valence-electron chi connectivity index (χ1n) is 6.68. The molecule has 7 heteroatoms. The van der Waals surface area contributed by atoms with Crippen LogP contribution in [-0.4, -0.2) is 38.7 Å². The number of hydrogen-bond donors (Lipinski definition) is 1. The lowest BCUT2D eigenvalue weighted by Gasteiger charge is -2.35. The molecular formula is C13H21Br2N5. The maximum Gasteiger partial charge on any atom is 0.151 e. The second-order valence-corrected chi connectivity index (χ2v) is 5.66. The van der Waals surface area contributed by atoms with Crippen molar-refractivity contribution in [3.8, 4) is 0 Å². The normalized spacial score (nSPS) is 11.6. The summed E-state index contributed by atoms with van der Waals surface area (Å²) < 4.78 is 3.78. The number of quaternary nitrogens is 1. The van der Waals surface area contributed by atoms with Gasteiger partial charge in [-0.25, -0.2) is 9.50 Å². The zero-order valence-electron chi connectivity index (χ0n) is 12.1. The van der Waals surface area contributed by atoms with E-state index < -0.39 is 0 Å². The van der Waals surface area contributed by atoms with E-state index in [-0.39, 0.29) is 17.0 Å². The second kappa shape index (κ2) is 6.87. The lowest BCUT2D eigenvalue weighted by atomic mass is 10.2. The highest BCUT2D eigenvalue weighted by Gasteiger charge is 2.24. The van der Waals surface area contributed by atoms with Gasteiger partial charge in [0.25, 0.3) is 0 Å². The predicted octanol–water partition coefficient (Wildman–Crippen LogP) is -0.545. The average molecular weight is 407 g/mol. The Kier molecular flexibility index (Phi) is 5.97. The number of rotatable bonds is 5. The Labute approximate surface area is 138 Å². The maximum atomic E-state index is 6.01. The minimum absolute atomic E-state index is 0. The van der Waals surface area contributed by atoms with Crippen LogP contribution in [0.1, 0.15) is 26.3 Å². The number of anilines is 1. The number of aromatic nitrogens is 3. The number of nitrogen functional groups attached to an aromatic ring is 1. The molecule has 112 valence electrons. The molecule has 2 rings (SSSR count). The van der Waals surface area contributed by atoms with Gasteiger partial charge < -0.3 is 27.2 Å². The van der Waals surface area contributed by atoms with Crippen molar-refractivity contribution in [3.63, 3.8) is 0 Å². The minimum Gasteiger partial charge on any atom is -1.00 e. The fraction of sp³-hybridized carbons (Fsp3) is 0.538. The van der Waals surface area contributed by atoms with Gasteiger partial charge >= 0.3 is 0 Å². The molecule has 0 radical (unpaired) electrons. The van der Waals surface area contributed by atoms with Crippen molar-refractivity contribution in [2.24, 2.45) is 0 Å². The summed E-state index contributed by atoms with van der Waals surface area (Å²) in [6, 6.07) is 2.11. The van der Waals surface area contributed by atoms with Crippen LogP contribution < -0.4 is 22.7 Å². The molecule has 0 unspecified atom stereocenters. The summed E-state index contributed by atoms with van der Waals surface area (Å²) in [6.07, 6.45) is 1.48. The van der Waals surface area contributed by atoms with Gasteiger partial charge in [0.05, 0.1) is 19.6 Å².